The van der Waals surface area contributed by atoms with Gasteiger partial charge in [-0.1, -0.05) is 32.1 Å². The van der Waals surface area contributed by atoms with E-state index in [1.165, 1.54) is 77.0 Å². The Hall–Kier alpha value is -0.0800. The van der Waals surface area contributed by atoms with Crippen molar-refractivity contribution in [2.45, 2.75) is 89.6 Å². The first-order chi connectivity index (χ1) is 13.3. The number of guanidine groups is 1. The van der Waals surface area contributed by atoms with E-state index in [9.17, 15) is 0 Å². The van der Waals surface area contributed by atoms with Crippen molar-refractivity contribution in [2.24, 2.45) is 10.4 Å². The molecule has 2 aliphatic carbocycles. The Kier molecular flexibility index (Phi) is 14.6. The third-order valence-corrected chi connectivity index (χ3v) is 6.37. The van der Waals surface area contributed by atoms with Crippen LogP contribution in [-0.2, 0) is 9.47 Å². The molecule has 0 unspecified atom stereocenters. The van der Waals surface area contributed by atoms with Gasteiger partial charge in [-0.15, -0.1) is 24.0 Å². The summed E-state index contributed by atoms with van der Waals surface area (Å²) in [7, 11) is 3.67. The van der Waals surface area contributed by atoms with Gasteiger partial charge < -0.3 is 20.1 Å². The van der Waals surface area contributed by atoms with Crippen molar-refractivity contribution in [1.29, 1.82) is 0 Å². The fourth-order valence-corrected chi connectivity index (χ4v) is 4.54. The maximum Gasteiger partial charge on any atom is 0.190 e. The molecule has 28 heavy (non-hydrogen) atoms. The summed E-state index contributed by atoms with van der Waals surface area (Å²) in [6.07, 6.45) is 17.2. The maximum absolute atomic E-state index is 6.00. The summed E-state index contributed by atoms with van der Waals surface area (Å²) < 4.78 is 11.3. The molecule has 2 fully saturated rings. The molecule has 0 amide bonds. The summed E-state index contributed by atoms with van der Waals surface area (Å²) in [4.78, 5) is 4.39. The van der Waals surface area contributed by atoms with Crippen molar-refractivity contribution in [3.05, 3.63) is 0 Å². The van der Waals surface area contributed by atoms with Gasteiger partial charge >= 0.3 is 0 Å². The summed E-state index contributed by atoms with van der Waals surface area (Å²) in [6.45, 7) is 3.77. The molecule has 0 aliphatic heterocycles. The van der Waals surface area contributed by atoms with Crippen molar-refractivity contribution in [3.8, 4) is 0 Å². The minimum Gasteiger partial charge on any atom is -0.385 e. The molecule has 2 N–H and O–H groups in total. The van der Waals surface area contributed by atoms with Crippen LogP contribution in [0, 0.1) is 5.41 Å². The van der Waals surface area contributed by atoms with E-state index in [1.807, 2.05) is 7.05 Å². The molecule has 0 radical (unpaired) electrons. The molecule has 5 nitrogen and oxygen atoms in total. The van der Waals surface area contributed by atoms with Gasteiger partial charge in [-0.3, -0.25) is 4.99 Å². The zero-order valence-corrected chi connectivity index (χ0v) is 20.6. The number of hydrogen-bond acceptors (Lipinski definition) is 3. The molecule has 0 heterocycles. The molecule has 166 valence electrons. The lowest BCUT2D eigenvalue weighted by Crippen LogP contribution is -2.43. The van der Waals surface area contributed by atoms with Crippen LogP contribution in [0.5, 0.6) is 0 Å². The van der Waals surface area contributed by atoms with E-state index in [0.29, 0.717) is 11.5 Å². The van der Waals surface area contributed by atoms with Crippen LogP contribution in [0.15, 0.2) is 4.99 Å². The highest BCUT2D eigenvalue weighted by Gasteiger charge is 2.33. The second-order valence-corrected chi connectivity index (χ2v) is 8.49. The van der Waals surface area contributed by atoms with E-state index in [1.54, 1.807) is 7.11 Å². The fraction of sp³-hybridized carbons (Fsp3) is 0.955. The first kappa shape index (κ1) is 26.0. The molecule has 0 aromatic heterocycles. The number of methoxy groups -OCH3 is 1. The smallest absolute Gasteiger partial charge is 0.190 e. The molecule has 0 aromatic rings. The maximum atomic E-state index is 6.00. The third-order valence-electron chi connectivity index (χ3n) is 6.37. The number of nitrogens with zero attached hydrogens (tertiary/aromatic N) is 1. The second kappa shape index (κ2) is 15.7. The van der Waals surface area contributed by atoms with E-state index in [-0.39, 0.29) is 24.0 Å². The lowest BCUT2D eigenvalue weighted by Gasteiger charge is -2.30. The number of unbranched alkanes of at least 4 members (excludes halogenated alkanes) is 2. The van der Waals surface area contributed by atoms with Crippen LogP contribution in [0.25, 0.3) is 0 Å². The Bertz CT molecular complexity index is 409. The van der Waals surface area contributed by atoms with Gasteiger partial charge in [0.05, 0.1) is 6.10 Å². The van der Waals surface area contributed by atoms with Crippen LogP contribution >= 0.6 is 24.0 Å². The highest BCUT2D eigenvalue weighted by molar-refractivity contribution is 14.0. The summed E-state index contributed by atoms with van der Waals surface area (Å²) in [5, 5.41) is 7.04. The lowest BCUT2D eigenvalue weighted by molar-refractivity contribution is 0.0264. The first-order valence-electron chi connectivity index (χ1n) is 11.3. The predicted molar refractivity (Wildman–Crippen MR) is 129 cm³/mol. The van der Waals surface area contributed by atoms with E-state index in [4.69, 9.17) is 9.47 Å². The quantitative estimate of drug-likeness (QED) is 0.170. The van der Waals surface area contributed by atoms with Crippen LogP contribution in [-0.4, -0.2) is 52.5 Å². The Labute approximate surface area is 190 Å². The average Bonchev–Trinajstić information content (AvgIpc) is 3.18. The van der Waals surface area contributed by atoms with Gasteiger partial charge in [-0.25, -0.2) is 0 Å². The Morgan fingerprint density at radius 3 is 2.39 bits per heavy atom. The van der Waals surface area contributed by atoms with Crippen LogP contribution in [0.2, 0.25) is 0 Å². The zero-order chi connectivity index (χ0) is 19.2. The largest absolute Gasteiger partial charge is 0.385 e. The van der Waals surface area contributed by atoms with Crippen LogP contribution in [0.3, 0.4) is 0 Å². The van der Waals surface area contributed by atoms with Crippen molar-refractivity contribution in [2.75, 3.05) is 40.5 Å². The van der Waals surface area contributed by atoms with Gasteiger partial charge in [0.1, 0.15) is 0 Å². The molecule has 0 atom stereocenters. The molecule has 0 saturated heterocycles. The topological polar surface area (TPSA) is 54.9 Å². The summed E-state index contributed by atoms with van der Waals surface area (Å²) in [5.41, 5.74) is 0.393. The van der Waals surface area contributed by atoms with Gasteiger partial charge in [0.25, 0.3) is 0 Å². The van der Waals surface area contributed by atoms with Gasteiger partial charge in [0.15, 0.2) is 5.96 Å². The second-order valence-electron chi connectivity index (χ2n) is 8.49. The predicted octanol–water partition coefficient (Wildman–Crippen LogP) is 4.89. The molecule has 0 aromatic carbocycles. The van der Waals surface area contributed by atoms with Gasteiger partial charge in [0.2, 0.25) is 0 Å². The normalized spacial score (nSPS) is 20.0. The Morgan fingerprint density at radius 2 is 1.71 bits per heavy atom. The van der Waals surface area contributed by atoms with Gasteiger partial charge in [0, 0.05) is 40.5 Å². The molecular formula is C22H44IN3O2. The Morgan fingerprint density at radius 1 is 0.964 bits per heavy atom. The van der Waals surface area contributed by atoms with E-state index in [0.717, 1.165) is 38.7 Å². The lowest BCUT2D eigenvalue weighted by atomic mass is 9.83. The van der Waals surface area contributed by atoms with Crippen LogP contribution in [0.1, 0.15) is 83.5 Å². The summed E-state index contributed by atoms with van der Waals surface area (Å²) in [5.74, 6) is 0.942. The van der Waals surface area contributed by atoms with Crippen molar-refractivity contribution >= 4 is 29.9 Å². The first-order valence-corrected chi connectivity index (χ1v) is 11.3. The SMILES string of the molecule is CN=C(NCCCCCOC1CCCCC1)NCC1(CCOC)CCCC1.I. The molecule has 2 rings (SSSR count). The molecule has 2 saturated carbocycles. The monoisotopic (exact) mass is 509 g/mol. The van der Waals surface area contributed by atoms with E-state index >= 15 is 0 Å². The number of halogens is 1. The molecular weight excluding hydrogens is 465 g/mol. The van der Waals surface area contributed by atoms with E-state index < -0.39 is 0 Å². The van der Waals surface area contributed by atoms with Crippen molar-refractivity contribution in [3.63, 3.8) is 0 Å². The molecule has 6 heteroatoms. The number of ether oxygens (including phenoxy) is 2. The number of rotatable bonds is 12. The number of nitrogens with one attached hydrogen (secondary N) is 2. The van der Waals surface area contributed by atoms with Gasteiger partial charge in [-0.05, 0) is 56.8 Å². The number of hydrogen-bond donors (Lipinski definition) is 2. The van der Waals surface area contributed by atoms with Crippen molar-refractivity contribution in [1.82, 2.24) is 10.6 Å². The Balaban J connectivity index is 0.00000392. The zero-order valence-electron chi connectivity index (χ0n) is 18.3. The van der Waals surface area contributed by atoms with Crippen LogP contribution < -0.4 is 10.6 Å². The molecule has 0 bridgehead atoms. The van der Waals surface area contributed by atoms with Crippen molar-refractivity contribution < 1.29 is 9.47 Å². The summed E-state index contributed by atoms with van der Waals surface area (Å²) >= 11 is 0. The van der Waals surface area contributed by atoms with Crippen LogP contribution in [0.4, 0.5) is 0 Å². The highest BCUT2D eigenvalue weighted by Crippen LogP contribution is 2.40. The third kappa shape index (κ3) is 10.1. The molecule has 2 aliphatic rings. The molecule has 0 spiro atoms. The minimum absolute atomic E-state index is 0. The van der Waals surface area contributed by atoms with E-state index in [2.05, 4.69) is 15.6 Å². The highest BCUT2D eigenvalue weighted by atomic mass is 127. The van der Waals surface area contributed by atoms with Gasteiger partial charge in [-0.2, -0.15) is 0 Å². The number of aliphatic imine (C=N–C) groups is 1. The fourth-order valence-electron chi connectivity index (χ4n) is 4.54. The minimum atomic E-state index is 0. The standard InChI is InChI=1S/C22H43N3O2.HI/c1-23-21(25-19-22(15-18-26-2)13-7-8-14-22)24-16-9-4-10-17-27-20-11-5-3-6-12-20;/h20H,3-19H2,1-2H3,(H2,23,24,25);1H. The summed E-state index contributed by atoms with van der Waals surface area (Å²) in [6, 6.07) is 0. The average molecular weight is 510 g/mol.